The number of aliphatic imine (C=N–C) groups is 1. The van der Waals surface area contributed by atoms with Crippen molar-refractivity contribution in [2.24, 2.45) is 4.99 Å². The maximum absolute atomic E-state index is 11.5. The fourth-order valence-electron chi connectivity index (χ4n) is 2.44. The number of amides is 1. The molecule has 2 rings (SSSR count). The van der Waals surface area contributed by atoms with E-state index < -0.39 is 0 Å². The monoisotopic (exact) mass is 194 g/mol. The van der Waals surface area contributed by atoms with E-state index in [0.717, 1.165) is 19.4 Å². The van der Waals surface area contributed by atoms with Crippen LogP contribution in [-0.2, 0) is 4.79 Å². The second kappa shape index (κ2) is 3.71. The average Bonchev–Trinajstić information content (AvgIpc) is 2.62. The molecule has 1 fully saturated rings. The van der Waals surface area contributed by atoms with Crippen LogP contribution in [0.5, 0.6) is 0 Å². The molecule has 0 atom stereocenters. The molecule has 1 aliphatic carbocycles. The molecule has 0 aromatic rings. The molecule has 1 spiro atoms. The molecule has 0 N–H and O–H groups in total. The van der Waals surface area contributed by atoms with E-state index in [4.69, 9.17) is 0 Å². The standard InChI is InChI=1S/C11H18N2O/c1-2-10(14)13-8-11(12-9-13)6-4-3-5-7-11/h9H,2-8H2,1H3. The summed E-state index contributed by atoms with van der Waals surface area (Å²) in [5, 5.41) is 0. The quantitative estimate of drug-likeness (QED) is 0.628. The van der Waals surface area contributed by atoms with Gasteiger partial charge < -0.3 is 4.90 Å². The molecule has 1 amide bonds. The van der Waals surface area contributed by atoms with Crippen LogP contribution >= 0.6 is 0 Å². The van der Waals surface area contributed by atoms with E-state index in [9.17, 15) is 4.79 Å². The zero-order valence-corrected chi connectivity index (χ0v) is 8.83. The van der Waals surface area contributed by atoms with Crippen LogP contribution in [0, 0.1) is 0 Å². The number of hydrogen-bond donors (Lipinski definition) is 0. The van der Waals surface area contributed by atoms with Gasteiger partial charge in [0.25, 0.3) is 0 Å². The molecule has 3 nitrogen and oxygen atoms in total. The Labute approximate surface area is 85.2 Å². The van der Waals surface area contributed by atoms with Crippen molar-refractivity contribution in [3.8, 4) is 0 Å². The van der Waals surface area contributed by atoms with Crippen LogP contribution in [0.1, 0.15) is 45.4 Å². The minimum atomic E-state index is 0.100. The maximum Gasteiger partial charge on any atom is 0.227 e. The van der Waals surface area contributed by atoms with E-state index in [1.54, 1.807) is 11.2 Å². The van der Waals surface area contributed by atoms with Gasteiger partial charge in [0.1, 0.15) is 0 Å². The third-order valence-electron chi connectivity index (χ3n) is 3.34. The molecule has 1 heterocycles. The van der Waals surface area contributed by atoms with Crippen molar-refractivity contribution in [3.63, 3.8) is 0 Å². The Kier molecular flexibility index (Phi) is 2.57. The van der Waals surface area contributed by atoms with Crippen molar-refractivity contribution < 1.29 is 4.79 Å². The Morgan fingerprint density at radius 1 is 1.43 bits per heavy atom. The molecular formula is C11H18N2O. The SMILES string of the molecule is CCC(=O)N1C=NC2(CCCCC2)C1. The predicted molar refractivity (Wildman–Crippen MR) is 56.3 cm³/mol. The van der Waals surface area contributed by atoms with Gasteiger partial charge in [0.15, 0.2) is 0 Å². The molecule has 0 saturated heterocycles. The highest BCUT2D eigenvalue weighted by Crippen LogP contribution is 2.34. The highest BCUT2D eigenvalue weighted by molar-refractivity contribution is 5.88. The molecular weight excluding hydrogens is 176 g/mol. The first-order chi connectivity index (χ1) is 6.76. The largest absolute Gasteiger partial charge is 0.301 e. The van der Waals surface area contributed by atoms with Crippen LogP contribution in [0.4, 0.5) is 0 Å². The summed E-state index contributed by atoms with van der Waals surface area (Å²) in [7, 11) is 0. The summed E-state index contributed by atoms with van der Waals surface area (Å²) in [5.74, 6) is 0.205. The van der Waals surface area contributed by atoms with Crippen molar-refractivity contribution in [1.82, 2.24) is 4.90 Å². The number of nitrogens with zero attached hydrogens (tertiary/aromatic N) is 2. The molecule has 0 aromatic heterocycles. The molecule has 3 heteroatoms. The lowest BCUT2D eigenvalue weighted by Gasteiger charge is -2.31. The summed E-state index contributed by atoms with van der Waals surface area (Å²) >= 11 is 0. The Hall–Kier alpha value is -0.860. The zero-order chi connectivity index (χ0) is 10.0. The van der Waals surface area contributed by atoms with Crippen molar-refractivity contribution in [1.29, 1.82) is 0 Å². The van der Waals surface area contributed by atoms with Crippen molar-refractivity contribution in [2.75, 3.05) is 6.54 Å². The third-order valence-corrected chi connectivity index (χ3v) is 3.34. The summed E-state index contributed by atoms with van der Waals surface area (Å²) in [6.07, 6.45) is 8.54. The molecule has 1 aliphatic heterocycles. The van der Waals surface area contributed by atoms with Gasteiger partial charge in [-0.25, -0.2) is 0 Å². The molecule has 0 unspecified atom stereocenters. The second-order valence-corrected chi connectivity index (χ2v) is 4.40. The lowest BCUT2D eigenvalue weighted by molar-refractivity contribution is -0.127. The second-order valence-electron chi connectivity index (χ2n) is 4.40. The Bertz CT molecular complexity index is 254. The van der Waals surface area contributed by atoms with E-state index >= 15 is 0 Å². The minimum Gasteiger partial charge on any atom is -0.301 e. The first-order valence-corrected chi connectivity index (χ1v) is 5.61. The van der Waals surface area contributed by atoms with Crippen LogP contribution in [0.3, 0.4) is 0 Å². The normalized spacial score (nSPS) is 24.5. The minimum absolute atomic E-state index is 0.100. The van der Waals surface area contributed by atoms with Crippen molar-refractivity contribution in [2.45, 2.75) is 51.0 Å². The summed E-state index contributed by atoms with van der Waals surface area (Å²) in [6, 6.07) is 0. The van der Waals surface area contributed by atoms with Crippen molar-refractivity contribution >= 4 is 12.2 Å². The molecule has 2 aliphatic rings. The highest BCUT2D eigenvalue weighted by atomic mass is 16.2. The van der Waals surface area contributed by atoms with Gasteiger partial charge in [-0.3, -0.25) is 9.79 Å². The molecule has 14 heavy (non-hydrogen) atoms. The third kappa shape index (κ3) is 1.68. The molecule has 0 aromatic carbocycles. The summed E-state index contributed by atoms with van der Waals surface area (Å²) < 4.78 is 0. The van der Waals surface area contributed by atoms with Crippen molar-refractivity contribution in [3.05, 3.63) is 0 Å². The summed E-state index contributed by atoms with van der Waals surface area (Å²) in [6.45, 7) is 2.74. The van der Waals surface area contributed by atoms with Gasteiger partial charge in [-0.2, -0.15) is 0 Å². The highest BCUT2D eigenvalue weighted by Gasteiger charge is 2.37. The van der Waals surface area contributed by atoms with Crippen LogP contribution < -0.4 is 0 Å². The maximum atomic E-state index is 11.5. The van der Waals surface area contributed by atoms with Crippen LogP contribution in [0.2, 0.25) is 0 Å². The molecule has 78 valence electrons. The van der Waals surface area contributed by atoms with E-state index in [1.807, 2.05) is 6.92 Å². The molecule has 0 bridgehead atoms. The summed E-state index contributed by atoms with van der Waals surface area (Å²) in [4.78, 5) is 17.8. The Morgan fingerprint density at radius 3 is 2.79 bits per heavy atom. The predicted octanol–water partition coefficient (Wildman–Crippen LogP) is 1.97. The van der Waals surface area contributed by atoms with Gasteiger partial charge in [0.05, 0.1) is 18.4 Å². The first-order valence-electron chi connectivity index (χ1n) is 5.61. The number of carbonyl (C=O) groups excluding carboxylic acids is 1. The number of rotatable bonds is 1. The zero-order valence-electron chi connectivity index (χ0n) is 8.83. The van der Waals surface area contributed by atoms with Gasteiger partial charge in [-0.05, 0) is 12.8 Å². The van der Waals surface area contributed by atoms with Crippen LogP contribution in [0.15, 0.2) is 4.99 Å². The topological polar surface area (TPSA) is 32.7 Å². The van der Waals surface area contributed by atoms with Gasteiger partial charge in [-0.15, -0.1) is 0 Å². The van der Waals surface area contributed by atoms with Crippen LogP contribution in [-0.4, -0.2) is 29.2 Å². The van der Waals surface area contributed by atoms with E-state index in [0.29, 0.717) is 6.42 Å². The first kappa shape index (κ1) is 9.69. The summed E-state index contributed by atoms with van der Waals surface area (Å²) in [5.41, 5.74) is 0.100. The Balaban J connectivity index is 2.00. The lowest BCUT2D eigenvalue weighted by atomic mass is 9.82. The van der Waals surface area contributed by atoms with Gasteiger partial charge in [0, 0.05) is 6.42 Å². The van der Waals surface area contributed by atoms with E-state index in [-0.39, 0.29) is 11.4 Å². The number of carbonyl (C=O) groups is 1. The van der Waals surface area contributed by atoms with E-state index in [2.05, 4.69) is 4.99 Å². The Morgan fingerprint density at radius 2 is 2.14 bits per heavy atom. The molecule has 1 saturated carbocycles. The van der Waals surface area contributed by atoms with Crippen LogP contribution in [0.25, 0.3) is 0 Å². The fraction of sp³-hybridized carbons (Fsp3) is 0.818. The van der Waals surface area contributed by atoms with Gasteiger partial charge in [0.2, 0.25) is 5.91 Å². The van der Waals surface area contributed by atoms with Gasteiger partial charge in [-0.1, -0.05) is 26.2 Å². The lowest BCUT2D eigenvalue weighted by Crippen LogP contribution is -2.38. The number of hydrogen-bond acceptors (Lipinski definition) is 2. The fourth-order valence-corrected chi connectivity index (χ4v) is 2.44. The van der Waals surface area contributed by atoms with E-state index in [1.165, 1.54) is 19.3 Å². The van der Waals surface area contributed by atoms with Gasteiger partial charge >= 0.3 is 0 Å². The average molecular weight is 194 g/mol. The molecule has 0 radical (unpaired) electrons. The smallest absolute Gasteiger partial charge is 0.227 e.